The number of aromatic nitrogens is 6. The van der Waals surface area contributed by atoms with Gasteiger partial charge in [-0.1, -0.05) is 48.0 Å². The van der Waals surface area contributed by atoms with Crippen LogP contribution in [0.5, 0.6) is 0 Å². The number of aryl methyl sites for hydroxylation is 1. The lowest BCUT2D eigenvalue weighted by Crippen LogP contribution is -2.25. The quantitative estimate of drug-likeness (QED) is 0.550. The third-order valence-electron chi connectivity index (χ3n) is 4.87. The smallest absolute Gasteiger partial charge is 0.295 e. The van der Waals surface area contributed by atoms with Crippen molar-refractivity contribution in [2.24, 2.45) is 7.05 Å². The molecular formula is C21H21N7O2. The van der Waals surface area contributed by atoms with E-state index >= 15 is 0 Å². The van der Waals surface area contributed by atoms with E-state index in [1.165, 1.54) is 9.48 Å². The van der Waals surface area contributed by atoms with Crippen LogP contribution >= 0.6 is 0 Å². The molecule has 4 aromatic rings. The summed E-state index contributed by atoms with van der Waals surface area (Å²) >= 11 is 0. The van der Waals surface area contributed by atoms with Crippen LogP contribution in [0.15, 0.2) is 59.4 Å². The Morgan fingerprint density at radius 3 is 2.43 bits per heavy atom. The third-order valence-corrected chi connectivity index (χ3v) is 4.87. The van der Waals surface area contributed by atoms with E-state index in [0.29, 0.717) is 17.2 Å². The van der Waals surface area contributed by atoms with Crippen molar-refractivity contribution in [1.29, 1.82) is 0 Å². The molecule has 1 amide bonds. The Balaban J connectivity index is 1.53. The summed E-state index contributed by atoms with van der Waals surface area (Å²) in [5, 5.41) is 14.9. The predicted molar refractivity (Wildman–Crippen MR) is 112 cm³/mol. The lowest BCUT2D eigenvalue weighted by molar-refractivity contribution is -0.117. The van der Waals surface area contributed by atoms with Gasteiger partial charge in [0.15, 0.2) is 0 Å². The van der Waals surface area contributed by atoms with E-state index in [1.807, 2.05) is 61.5 Å². The molecule has 1 N–H and O–H groups in total. The zero-order valence-electron chi connectivity index (χ0n) is 16.9. The van der Waals surface area contributed by atoms with Gasteiger partial charge in [-0.2, -0.15) is 4.80 Å². The Bertz CT molecular complexity index is 1250. The standard InChI is InChI=1S/C21H21N7O2/c1-14-9-11-16(12-10-14)20-23-25-27(24-20)13-18(29)22-19-15(2)26(3)28(21(19)30)17-7-5-4-6-8-17/h4-12H,13H2,1-3H3,(H,22,29). The predicted octanol–water partition coefficient (Wildman–Crippen LogP) is 2.09. The van der Waals surface area contributed by atoms with Gasteiger partial charge in [-0.05, 0) is 31.2 Å². The number of rotatable bonds is 5. The van der Waals surface area contributed by atoms with Gasteiger partial charge in [-0.15, -0.1) is 10.2 Å². The highest BCUT2D eigenvalue weighted by Crippen LogP contribution is 2.15. The van der Waals surface area contributed by atoms with Crippen LogP contribution in [0.4, 0.5) is 5.69 Å². The molecule has 0 saturated heterocycles. The molecule has 2 heterocycles. The molecule has 0 fully saturated rings. The lowest BCUT2D eigenvalue weighted by Gasteiger charge is -2.07. The van der Waals surface area contributed by atoms with Crippen LogP contribution in [0.3, 0.4) is 0 Å². The molecule has 9 heteroatoms. The van der Waals surface area contributed by atoms with E-state index in [1.54, 1.807) is 18.7 Å². The minimum absolute atomic E-state index is 0.155. The number of para-hydroxylation sites is 1. The maximum absolute atomic E-state index is 12.9. The van der Waals surface area contributed by atoms with Crippen molar-refractivity contribution in [3.8, 4) is 17.1 Å². The molecule has 0 spiro atoms. The third kappa shape index (κ3) is 3.64. The van der Waals surface area contributed by atoms with E-state index in [9.17, 15) is 9.59 Å². The molecule has 2 aromatic carbocycles. The maximum Gasteiger partial charge on any atom is 0.295 e. The Labute approximate surface area is 172 Å². The minimum Gasteiger partial charge on any atom is -0.318 e. The molecule has 0 saturated carbocycles. The van der Waals surface area contributed by atoms with Crippen molar-refractivity contribution in [3.63, 3.8) is 0 Å². The number of nitrogens with one attached hydrogen (secondary N) is 1. The van der Waals surface area contributed by atoms with Gasteiger partial charge >= 0.3 is 0 Å². The summed E-state index contributed by atoms with van der Waals surface area (Å²) in [6.07, 6.45) is 0. The number of tetrazole rings is 1. The highest BCUT2D eigenvalue weighted by atomic mass is 16.2. The summed E-state index contributed by atoms with van der Waals surface area (Å²) in [7, 11) is 1.77. The van der Waals surface area contributed by atoms with Crippen LogP contribution in [0.25, 0.3) is 17.1 Å². The second-order valence-electron chi connectivity index (χ2n) is 6.99. The van der Waals surface area contributed by atoms with Crippen LogP contribution in [0, 0.1) is 13.8 Å². The molecule has 30 heavy (non-hydrogen) atoms. The highest BCUT2D eigenvalue weighted by molar-refractivity contribution is 5.90. The average molecular weight is 403 g/mol. The van der Waals surface area contributed by atoms with Gasteiger partial charge in [-0.25, -0.2) is 4.68 Å². The van der Waals surface area contributed by atoms with Gasteiger partial charge in [0.05, 0.1) is 11.4 Å². The van der Waals surface area contributed by atoms with Crippen molar-refractivity contribution in [1.82, 2.24) is 29.6 Å². The van der Waals surface area contributed by atoms with E-state index in [4.69, 9.17) is 0 Å². The zero-order chi connectivity index (χ0) is 21.3. The number of amides is 1. The molecule has 9 nitrogen and oxygen atoms in total. The fraction of sp³-hybridized carbons (Fsp3) is 0.190. The molecule has 0 aliphatic rings. The first-order valence-corrected chi connectivity index (χ1v) is 9.43. The van der Waals surface area contributed by atoms with Crippen molar-refractivity contribution < 1.29 is 4.79 Å². The average Bonchev–Trinajstić information content (AvgIpc) is 3.28. The zero-order valence-corrected chi connectivity index (χ0v) is 16.9. The number of benzene rings is 2. The van der Waals surface area contributed by atoms with Gasteiger partial charge < -0.3 is 5.32 Å². The monoisotopic (exact) mass is 403 g/mol. The Hall–Kier alpha value is -4.01. The Morgan fingerprint density at radius 2 is 1.73 bits per heavy atom. The van der Waals surface area contributed by atoms with Gasteiger partial charge in [0.25, 0.3) is 5.56 Å². The molecule has 0 radical (unpaired) electrons. The summed E-state index contributed by atoms with van der Waals surface area (Å²) in [6, 6.07) is 17.0. The summed E-state index contributed by atoms with van der Waals surface area (Å²) in [5.74, 6) is 0.0268. The van der Waals surface area contributed by atoms with Crippen LogP contribution in [0.2, 0.25) is 0 Å². The van der Waals surface area contributed by atoms with Crippen LogP contribution in [-0.2, 0) is 18.4 Å². The van der Waals surface area contributed by atoms with Gasteiger partial charge in [-0.3, -0.25) is 14.3 Å². The van der Waals surface area contributed by atoms with E-state index in [-0.39, 0.29) is 17.8 Å². The lowest BCUT2D eigenvalue weighted by atomic mass is 10.1. The molecule has 0 atom stereocenters. The Kier molecular flexibility index (Phi) is 5.01. The van der Waals surface area contributed by atoms with Gasteiger partial charge in [0, 0.05) is 12.6 Å². The fourth-order valence-corrected chi connectivity index (χ4v) is 3.15. The van der Waals surface area contributed by atoms with Crippen LogP contribution < -0.4 is 10.9 Å². The number of hydrogen-bond acceptors (Lipinski definition) is 5. The van der Waals surface area contributed by atoms with E-state index in [2.05, 4.69) is 20.7 Å². The van der Waals surface area contributed by atoms with Gasteiger partial charge in [0.2, 0.25) is 11.7 Å². The molecule has 0 unspecified atom stereocenters. The summed E-state index contributed by atoms with van der Waals surface area (Å²) in [6.45, 7) is 3.62. The maximum atomic E-state index is 12.9. The number of anilines is 1. The molecule has 0 aliphatic heterocycles. The first-order chi connectivity index (χ1) is 14.4. The largest absolute Gasteiger partial charge is 0.318 e. The van der Waals surface area contributed by atoms with Gasteiger partial charge in [0.1, 0.15) is 12.2 Å². The minimum atomic E-state index is -0.408. The number of carbonyl (C=O) groups excluding carboxylic acids is 1. The summed E-state index contributed by atoms with van der Waals surface area (Å²) in [5.41, 5.74) is 3.23. The molecule has 4 rings (SSSR count). The molecule has 0 aliphatic carbocycles. The second kappa shape index (κ2) is 7.78. The number of hydrogen-bond donors (Lipinski definition) is 1. The second-order valence-corrected chi connectivity index (χ2v) is 6.99. The van der Waals surface area contributed by atoms with Crippen LogP contribution in [0.1, 0.15) is 11.3 Å². The first-order valence-electron chi connectivity index (χ1n) is 9.43. The first kappa shape index (κ1) is 19.3. The van der Waals surface area contributed by atoms with Crippen molar-refractivity contribution in [2.45, 2.75) is 20.4 Å². The normalized spacial score (nSPS) is 10.9. The van der Waals surface area contributed by atoms with Crippen molar-refractivity contribution in [3.05, 3.63) is 76.2 Å². The summed E-state index contributed by atoms with van der Waals surface area (Å²) in [4.78, 5) is 26.6. The summed E-state index contributed by atoms with van der Waals surface area (Å²) < 4.78 is 3.21. The SMILES string of the molecule is Cc1ccc(-c2nnn(CC(=O)Nc3c(C)n(C)n(-c4ccccc4)c3=O)n2)cc1. The highest BCUT2D eigenvalue weighted by Gasteiger charge is 2.19. The number of nitrogens with zero attached hydrogens (tertiary/aromatic N) is 6. The van der Waals surface area contributed by atoms with E-state index in [0.717, 1.165) is 11.1 Å². The van der Waals surface area contributed by atoms with Crippen LogP contribution in [-0.4, -0.2) is 35.5 Å². The number of carbonyl (C=O) groups is 1. The van der Waals surface area contributed by atoms with Crippen molar-refractivity contribution in [2.75, 3.05) is 5.32 Å². The molecular weight excluding hydrogens is 382 g/mol. The molecule has 152 valence electrons. The molecule has 2 aromatic heterocycles. The Morgan fingerprint density at radius 1 is 1.03 bits per heavy atom. The fourth-order valence-electron chi connectivity index (χ4n) is 3.15. The molecule has 0 bridgehead atoms. The topological polar surface area (TPSA) is 99.6 Å². The van der Waals surface area contributed by atoms with Crippen molar-refractivity contribution >= 4 is 11.6 Å². The van der Waals surface area contributed by atoms with E-state index < -0.39 is 5.91 Å².